The number of halogens is 1. The Morgan fingerprint density at radius 3 is 3.00 bits per heavy atom. The van der Waals surface area contributed by atoms with Gasteiger partial charge in [0.05, 0.1) is 35.1 Å². The van der Waals surface area contributed by atoms with Gasteiger partial charge in [-0.1, -0.05) is 6.92 Å². The molecular formula is C14H25BrN4O. The van der Waals surface area contributed by atoms with E-state index in [0.717, 1.165) is 43.6 Å². The molecule has 0 spiro atoms. The third-order valence-electron chi connectivity index (χ3n) is 3.65. The third-order valence-corrected chi connectivity index (χ3v) is 4.26. The summed E-state index contributed by atoms with van der Waals surface area (Å²) in [5, 5.41) is 8.08. The number of aromatic nitrogens is 2. The van der Waals surface area contributed by atoms with E-state index in [2.05, 4.69) is 56.9 Å². The fourth-order valence-electron chi connectivity index (χ4n) is 2.64. The minimum Gasteiger partial charge on any atom is -0.376 e. The van der Waals surface area contributed by atoms with Crippen molar-refractivity contribution in [2.75, 3.05) is 33.8 Å². The molecule has 0 saturated carbocycles. The van der Waals surface area contributed by atoms with Crippen LogP contribution in [-0.4, -0.2) is 54.6 Å². The van der Waals surface area contributed by atoms with E-state index in [0.29, 0.717) is 0 Å². The van der Waals surface area contributed by atoms with Crippen LogP contribution in [0.4, 0.5) is 0 Å². The van der Waals surface area contributed by atoms with Crippen molar-refractivity contribution in [3.8, 4) is 0 Å². The Hall–Kier alpha value is -0.430. The van der Waals surface area contributed by atoms with Crippen LogP contribution in [0, 0.1) is 0 Å². The van der Waals surface area contributed by atoms with E-state index >= 15 is 0 Å². The second-order valence-electron chi connectivity index (χ2n) is 5.49. The Kier molecular flexibility index (Phi) is 6.01. The summed E-state index contributed by atoms with van der Waals surface area (Å²) in [6.45, 7) is 5.80. The van der Waals surface area contributed by atoms with Crippen molar-refractivity contribution in [1.82, 2.24) is 20.0 Å². The Bertz CT molecular complexity index is 415. The Morgan fingerprint density at radius 1 is 1.60 bits per heavy atom. The molecule has 0 aliphatic carbocycles. The second-order valence-corrected chi connectivity index (χ2v) is 6.35. The zero-order valence-corrected chi connectivity index (χ0v) is 14.2. The fraction of sp³-hybridized carbons (Fsp3) is 0.786. The summed E-state index contributed by atoms with van der Waals surface area (Å²) in [6, 6.07) is 0.210. The van der Waals surface area contributed by atoms with Gasteiger partial charge in [-0.05, 0) is 49.4 Å². The molecule has 2 unspecified atom stereocenters. The van der Waals surface area contributed by atoms with E-state index < -0.39 is 0 Å². The van der Waals surface area contributed by atoms with Crippen LogP contribution in [0.1, 0.15) is 31.5 Å². The molecular weight excluding hydrogens is 320 g/mol. The van der Waals surface area contributed by atoms with Crippen LogP contribution in [0.3, 0.4) is 0 Å². The van der Waals surface area contributed by atoms with Crippen molar-refractivity contribution in [2.24, 2.45) is 0 Å². The summed E-state index contributed by atoms with van der Waals surface area (Å²) in [4.78, 5) is 2.17. The number of likely N-dealkylation sites (N-methyl/N-ethyl adjacent to an activating group) is 2. The predicted molar refractivity (Wildman–Crippen MR) is 83.9 cm³/mol. The van der Waals surface area contributed by atoms with E-state index in [1.807, 2.05) is 6.20 Å². The molecule has 0 radical (unpaired) electrons. The molecule has 6 heteroatoms. The molecule has 0 aromatic carbocycles. The first-order valence-electron chi connectivity index (χ1n) is 7.34. The highest BCUT2D eigenvalue weighted by Crippen LogP contribution is 2.31. The Labute approximate surface area is 129 Å². The minimum absolute atomic E-state index is 0.210. The molecule has 1 saturated heterocycles. The summed E-state index contributed by atoms with van der Waals surface area (Å²) >= 11 is 3.65. The molecule has 0 bridgehead atoms. The molecule has 2 heterocycles. The van der Waals surface area contributed by atoms with Gasteiger partial charge in [0.15, 0.2) is 0 Å². The van der Waals surface area contributed by atoms with Crippen molar-refractivity contribution in [3.63, 3.8) is 0 Å². The van der Waals surface area contributed by atoms with Gasteiger partial charge in [0.2, 0.25) is 0 Å². The molecule has 1 aliphatic heterocycles. The first-order chi connectivity index (χ1) is 9.63. The lowest BCUT2D eigenvalue weighted by Crippen LogP contribution is -2.34. The summed E-state index contributed by atoms with van der Waals surface area (Å²) in [5.41, 5.74) is 1.21. The summed E-state index contributed by atoms with van der Waals surface area (Å²) in [6.07, 6.45) is 4.41. The van der Waals surface area contributed by atoms with Gasteiger partial charge in [-0.15, -0.1) is 0 Å². The molecule has 20 heavy (non-hydrogen) atoms. The molecule has 1 aromatic rings. The smallest absolute Gasteiger partial charge is 0.0786 e. The van der Waals surface area contributed by atoms with Gasteiger partial charge in [-0.2, -0.15) is 5.10 Å². The normalized spacial score (nSPS) is 20.8. The number of hydrogen-bond acceptors (Lipinski definition) is 4. The lowest BCUT2D eigenvalue weighted by atomic mass is 10.0. The van der Waals surface area contributed by atoms with E-state index in [1.165, 1.54) is 5.69 Å². The van der Waals surface area contributed by atoms with Crippen LogP contribution in [0.25, 0.3) is 0 Å². The van der Waals surface area contributed by atoms with Gasteiger partial charge >= 0.3 is 0 Å². The number of ether oxygens (including phenoxy) is 1. The SMILES string of the molecule is CCNC(c1c(Br)cnn1CCN(C)C)C1CCCO1. The first-order valence-corrected chi connectivity index (χ1v) is 8.13. The summed E-state index contributed by atoms with van der Waals surface area (Å²) < 4.78 is 9.06. The molecule has 1 aliphatic rings. The number of nitrogens with one attached hydrogen (secondary N) is 1. The third kappa shape index (κ3) is 3.81. The van der Waals surface area contributed by atoms with Gasteiger partial charge < -0.3 is 15.0 Å². The van der Waals surface area contributed by atoms with Crippen molar-refractivity contribution in [2.45, 2.75) is 38.5 Å². The zero-order chi connectivity index (χ0) is 14.5. The molecule has 1 N–H and O–H groups in total. The van der Waals surface area contributed by atoms with Crippen LogP contribution < -0.4 is 5.32 Å². The van der Waals surface area contributed by atoms with E-state index in [4.69, 9.17) is 4.74 Å². The highest BCUT2D eigenvalue weighted by molar-refractivity contribution is 9.10. The average Bonchev–Trinajstić information content (AvgIpc) is 3.04. The highest BCUT2D eigenvalue weighted by atomic mass is 79.9. The predicted octanol–water partition coefficient (Wildman–Crippen LogP) is 2.04. The maximum Gasteiger partial charge on any atom is 0.0786 e. The monoisotopic (exact) mass is 344 g/mol. The van der Waals surface area contributed by atoms with Crippen molar-refractivity contribution < 1.29 is 4.74 Å². The van der Waals surface area contributed by atoms with Crippen LogP contribution in [0.2, 0.25) is 0 Å². The van der Waals surface area contributed by atoms with Crippen LogP contribution in [0.5, 0.6) is 0 Å². The second kappa shape index (κ2) is 7.54. The lowest BCUT2D eigenvalue weighted by Gasteiger charge is -2.25. The Morgan fingerprint density at radius 2 is 2.40 bits per heavy atom. The van der Waals surface area contributed by atoms with Gasteiger partial charge in [0, 0.05) is 13.2 Å². The van der Waals surface area contributed by atoms with Crippen LogP contribution in [-0.2, 0) is 11.3 Å². The van der Waals surface area contributed by atoms with Gasteiger partial charge in [-0.3, -0.25) is 4.68 Å². The first kappa shape index (κ1) is 15.9. The van der Waals surface area contributed by atoms with E-state index in [1.54, 1.807) is 0 Å². The van der Waals surface area contributed by atoms with Gasteiger partial charge in [0.1, 0.15) is 0 Å². The van der Waals surface area contributed by atoms with Crippen LogP contribution in [0.15, 0.2) is 10.7 Å². The van der Waals surface area contributed by atoms with Crippen molar-refractivity contribution in [3.05, 3.63) is 16.4 Å². The maximum atomic E-state index is 5.89. The minimum atomic E-state index is 0.210. The molecule has 1 aromatic heterocycles. The number of hydrogen-bond donors (Lipinski definition) is 1. The maximum absolute atomic E-state index is 5.89. The quantitative estimate of drug-likeness (QED) is 0.821. The van der Waals surface area contributed by atoms with Crippen molar-refractivity contribution >= 4 is 15.9 Å². The molecule has 0 amide bonds. The van der Waals surface area contributed by atoms with Gasteiger partial charge in [-0.25, -0.2) is 0 Å². The summed E-state index contributed by atoms with van der Waals surface area (Å²) in [5.74, 6) is 0. The number of nitrogens with zero attached hydrogens (tertiary/aromatic N) is 3. The largest absolute Gasteiger partial charge is 0.376 e. The molecule has 1 fully saturated rings. The number of rotatable bonds is 7. The zero-order valence-electron chi connectivity index (χ0n) is 12.6. The fourth-order valence-corrected chi connectivity index (χ4v) is 3.19. The summed E-state index contributed by atoms with van der Waals surface area (Å²) in [7, 11) is 4.17. The topological polar surface area (TPSA) is 42.3 Å². The standard InChI is InChI=1S/C14H25BrN4O/c1-4-16-13(12-6-5-9-20-12)14-11(15)10-17-19(14)8-7-18(2)3/h10,12-13,16H,4-9H2,1-3H3. The molecule has 2 atom stereocenters. The highest BCUT2D eigenvalue weighted by Gasteiger charge is 2.30. The average molecular weight is 345 g/mol. The molecule has 5 nitrogen and oxygen atoms in total. The Balaban J connectivity index is 2.19. The van der Waals surface area contributed by atoms with Crippen molar-refractivity contribution in [1.29, 1.82) is 0 Å². The van der Waals surface area contributed by atoms with E-state index in [9.17, 15) is 0 Å². The molecule has 2 rings (SSSR count). The lowest BCUT2D eigenvalue weighted by molar-refractivity contribution is 0.0756. The molecule has 114 valence electrons. The van der Waals surface area contributed by atoms with Gasteiger partial charge in [0.25, 0.3) is 0 Å². The van der Waals surface area contributed by atoms with E-state index in [-0.39, 0.29) is 12.1 Å². The van der Waals surface area contributed by atoms with Crippen LogP contribution >= 0.6 is 15.9 Å².